The molecule has 0 bridgehead atoms. The van der Waals surface area contributed by atoms with Crippen LogP contribution in [0.25, 0.3) is 0 Å². The van der Waals surface area contributed by atoms with Gasteiger partial charge in [-0.1, -0.05) is 6.07 Å². The van der Waals surface area contributed by atoms with Crippen molar-refractivity contribution in [3.05, 3.63) is 29.3 Å². The summed E-state index contributed by atoms with van der Waals surface area (Å²) in [5.41, 5.74) is 2.17. The van der Waals surface area contributed by atoms with E-state index in [-0.39, 0.29) is 23.5 Å². The van der Waals surface area contributed by atoms with Gasteiger partial charge >= 0.3 is 0 Å². The minimum atomic E-state index is -0.242. The largest absolute Gasteiger partial charge is 0.508 e. The molecule has 0 saturated carbocycles. The molecule has 4 nitrogen and oxygen atoms in total. The van der Waals surface area contributed by atoms with Gasteiger partial charge in [0, 0.05) is 11.6 Å². The Morgan fingerprint density at radius 2 is 2.10 bits per heavy atom. The molecule has 0 aromatic heterocycles. The average Bonchev–Trinajstić information content (AvgIpc) is 2.36. The summed E-state index contributed by atoms with van der Waals surface area (Å²) in [5, 5.41) is 16.0. The Hall–Kier alpha value is -1.55. The normalized spacial score (nSPS) is 19.7. The van der Waals surface area contributed by atoms with E-state index < -0.39 is 0 Å². The molecule has 4 heteroatoms. The number of amides is 1. The lowest BCUT2D eigenvalue weighted by atomic mass is 9.87. The number of hydrogen-bond donors (Lipinski definition) is 3. The minimum Gasteiger partial charge on any atom is -0.508 e. The summed E-state index contributed by atoms with van der Waals surface area (Å²) >= 11 is 0. The highest BCUT2D eigenvalue weighted by atomic mass is 16.3. The first-order valence-electron chi connectivity index (χ1n) is 7.66. The van der Waals surface area contributed by atoms with E-state index in [9.17, 15) is 9.90 Å². The predicted octanol–water partition coefficient (Wildman–Crippen LogP) is 2.66. The van der Waals surface area contributed by atoms with E-state index >= 15 is 0 Å². The summed E-state index contributed by atoms with van der Waals surface area (Å²) in [7, 11) is 0. The fraction of sp³-hybridized carbons (Fsp3) is 0.588. The highest BCUT2D eigenvalue weighted by Gasteiger charge is 2.25. The molecule has 0 aliphatic heterocycles. The summed E-state index contributed by atoms with van der Waals surface area (Å²) < 4.78 is 0. The summed E-state index contributed by atoms with van der Waals surface area (Å²) in [5.74, 6) is 0.335. The van der Waals surface area contributed by atoms with Gasteiger partial charge in [0.15, 0.2) is 0 Å². The molecule has 3 N–H and O–H groups in total. The van der Waals surface area contributed by atoms with Crippen molar-refractivity contribution in [3.63, 3.8) is 0 Å². The van der Waals surface area contributed by atoms with Crippen molar-refractivity contribution in [2.45, 2.75) is 64.6 Å². The third-order valence-electron chi connectivity index (χ3n) is 3.78. The molecule has 1 aromatic rings. The zero-order valence-corrected chi connectivity index (χ0v) is 13.4. The van der Waals surface area contributed by atoms with Crippen molar-refractivity contribution in [3.8, 4) is 5.75 Å². The summed E-state index contributed by atoms with van der Waals surface area (Å²) in [4.78, 5) is 12.2. The number of phenolic OH excluding ortho intramolecular Hbond substituents is 1. The maximum Gasteiger partial charge on any atom is 0.237 e. The van der Waals surface area contributed by atoms with E-state index in [4.69, 9.17) is 0 Å². The van der Waals surface area contributed by atoms with Crippen LogP contribution in [-0.4, -0.2) is 22.6 Å². The van der Waals surface area contributed by atoms with Crippen LogP contribution in [0.4, 0.5) is 0 Å². The highest BCUT2D eigenvalue weighted by molar-refractivity contribution is 5.82. The zero-order chi connectivity index (χ0) is 15.6. The van der Waals surface area contributed by atoms with Crippen molar-refractivity contribution in [1.29, 1.82) is 0 Å². The second-order valence-electron chi connectivity index (χ2n) is 6.96. The van der Waals surface area contributed by atoms with Gasteiger partial charge < -0.3 is 10.4 Å². The molecule has 0 radical (unpaired) electrons. The lowest BCUT2D eigenvalue weighted by Crippen LogP contribution is -2.50. The zero-order valence-electron chi connectivity index (χ0n) is 13.4. The molecular formula is C17H26N2O2. The first kappa shape index (κ1) is 15.8. The van der Waals surface area contributed by atoms with Gasteiger partial charge in [0.05, 0.1) is 6.04 Å². The SMILES string of the molecule is CC(NC1CCCc2cc(O)ccc21)C(=O)NC(C)(C)C. The van der Waals surface area contributed by atoms with Gasteiger partial charge in [0.25, 0.3) is 0 Å². The van der Waals surface area contributed by atoms with Gasteiger partial charge in [-0.2, -0.15) is 0 Å². The fourth-order valence-electron chi connectivity index (χ4n) is 2.83. The molecule has 2 unspecified atom stereocenters. The number of carbonyl (C=O) groups is 1. The number of fused-ring (bicyclic) bond motifs is 1. The van der Waals surface area contributed by atoms with Gasteiger partial charge in [0.1, 0.15) is 5.75 Å². The van der Waals surface area contributed by atoms with Crippen LogP contribution in [-0.2, 0) is 11.2 Å². The molecule has 2 rings (SSSR count). The number of nitrogens with one attached hydrogen (secondary N) is 2. The summed E-state index contributed by atoms with van der Waals surface area (Å²) in [6.45, 7) is 7.85. The Morgan fingerprint density at radius 3 is 2.76 bits per heavy atom. The standard InChI is InChI=1S/C17H26N2O2/c1-11(16(21)19-17(2,3)4)18-15-7-5-6-12-10-13(20)8-9-14(12)15/h8-11,15,18,20H,5-7H2,1-4H3,(H,19,21). The molecule has 2 atom stereocenters. The third-order valence-corrected chi connectivity index (χ3v) is 3.78. The van der Waals surface area contributed by atoms with Gasteiger partial charge in [-0.3, -0.25) is 10.1 Å². The van der Waals surface area contributed by atoms with E-state index in [1.54, 1.807) is 6.07 Å². The maximum absolute atomic E-state index is 12.2. The summed E-state index contributed by atoms with van der Waals surface area (Å²) in [6.07, 6.45) is 3.08. The first-order chi connectivity index (χ1) is 9.76. The molecule has 1 aromatic carbocycles. The topological polar surface area (TPSA) is 61.4 Å². The Labute approximate surface area is 126 Å². The number of aromatic hydroxyl groups is 1. The van der Waals surface area contributed by atoms with Crippen molar-refractivity contribution in [1.82, 2.24) is 10.6 Å². The molecule has 116 valence electrons. The van der Waals surface area contributed by atoms with Crippen LogP contribution in [0.15, 0.2) is 18.2 Å². The number of rotatable bonds is 3. The Morgan fingerprint density at radius 1 is 1.38 bits per heavy atom. The lowest BCUT2D eigenvalue weighted by molar-refractivity contribution is -0.124. The third kappa shape index (κ3) is 4.21. The second kappa shape index (κ2) is 6.06. The van der Waals surface area contributed by atoms with Crippen LogP contribution in [0.3, 0.4) is 0 Å². The quantitative estimate of drug-likeness (QED) is 0.802. The molecule has 0 heterocycles. The maximum atomic E-state index is 12.2. The lowest BCUT2D eigenvalue weighted by Gasteiger charge is -2.30. The number of carbonyl (C=O) groups excluding carboxylic acids is 1. The average molecular weight is 290 g/mol. The van der Waals surface area contributed by atoms with Gasteiger partial charge in [-0.05, 0) is 70.2 Å². The smallest absolute Gasteiger partial charge is 0.237 e. The van der Waals surface area contributed by atoms with Crippen molar-refractivity contribution >= 4 is 5.91 Å². The highest BCUT2D eigenvalue weighted by Crippen LogP contribution is 2.32. The van der Waals surface area contributed by atoms with Crippen LogP contribution in [0.2, 0.25) is 0 Å². The molecule has 0 spiro atoms. The molecular weight excluding hydrogens is 264 g/mol. The Balaban J connectivity index is 2.06. The van der Waals surface area contributed by atoms with E-state index in [0.717, 1.165) is 19.3 Å². The molecule has 1 amide bonds. The van der Waals surface area contributed by atoms with Crippen molar-refractivity contribution in [2.75, 3.05) is 0 Å². The minimum absolute atomic E-state index is 0.0217. The number of phenols is 1. The molecule has 1 aliphatic carbocycles. The Kier molecular flexibility index (Phi) is 4.57. The molecule has 1 aliphatic rings. The Bertz CT molecular complexity index is 520. The predicted molar refractivity (Wildman–Crippen MR) is 84.3 cm³/mol. The van der Waals surface area contributed by atoms with E-state index in [0.29, 0.717) is 5.75 Å². The van der Waals surface area contributed by atoms with Gasteiger partial charge in [0.2, 0.25) is 5.91 Å². The van der Waals surface area contributed by atoms with E-state index in [1.807, 2.05) is 39.8 Å². The number of aryl methyl sites for hydroxylation is 1. The van der Waals surface area contributed by atoms with Gasteiger partial charge in [-0.25, -0.2) is 0 Å². The monoisotopic (exact) mass is 290 g/mol. The van der Waals surface area contributed by atoms with Gasteiger partial charge in [-0.15, -0.1) is 0 Å². The van der Waals surface area contributed by atoms with Crippen molar-refractivity contribution in [2.24, 2.45) is 0 Å². The first-order valence-corrected chi connectivity index (χ1v) is 7.66. The number of benzene rings is 1. The molecule has 0 saturated heterocycles. The van der Waals surface area contributed by atoms with E-state index in [2.05, 4.69) is 10.6 Å². The summed E-state index contributed by atoms with van der Waals surface area (Å²) in [6, 6.07) is 5.46. The van der Waals surface area contributed by atoms with Crippen LogP contribution < -0.4 is 10.6 Å². The van der Waals surface area contributed by atoms with Crippen molar-refractivity contribution < 1.29 is 9.90 Å². The fourth-order valence-corrected chi connectivity index (χ4v) is 2.83. The van der Waals surface area contributed by atoms with Crippen LogP contribution in [0.1, 0.15) is 57.7 Å². The molecule has 21 heavy (non-hydrogen) atoms. The number of hydrogen-bond acceptors (Lipinski definition) is 3. The second-order valence-corrected chi connectivity index (χ2v) is 6.96. The van der Waals surface area contributed by atoms with Crippen LogP contribution in [0, 0.1) is 0 Å². The van der Waals surface area contributed by atoms with Crippen LogP contribution >= 0.6 is 0 Å². The van der Waals surface area contributed by atoms with E-state index in [1.165, 1.54) is 11.1 Å². The van der Waals surface area contributed by atoms with Crippen LogP contribution in [0.5, 0.6) is 5.75 Å². The molecule has 0 fully saturated rings.